The third-order valence-corrected chi connectivity index (χ3v) is 2.79. The van der Waals surface area contributed by atoms with Gasteiger partial charge in [0.15, 0.2) is 5.82 Å². The molecule has 0 aliphatic carbocycles. The highest BCUT2D eigenvalue weighted by atomic mass is 32.1. The number of H-pyrrole nitrogens is 1. The molecule has 0 radical (unpaired) electrons. The van der Waals surface area contributed by atoms with Crippen molar-refractivity contribution >= 4 is 12.2 Å². The summed E-state index contributed by atoms with van der Waals surface area (Å²) in [6.07, 6.45) is 2.75. The molecule has 2 aromatic heterocycles. The van der Waals surface area contributed by atoms with Crippen molar-refractivity contribution in [2.24, 2.45) is 5.92 Å². The van der Waals surface area contributed by atoms with E-state index in [2.05, 4.69) is 28.8 Å². The fourth-order valence-corrected chi connectivity index (χ4v) is 2.08. The first-order valence-electron chi connectivity index (χ1n) is 6.08. The minimum absolute atomic E-state index is 0.580. The second-order valence-electron chi connectivity index (χ2n) is 4.91. The van der Waals surface area contributed by atoms with Gasteiger partial charge in [0.2, 0.25) is 0 Å². The molecule has 0 spiro atoms. The van der Waals surface area contributed by atoms with Crippen LogP contribution in [0.2, 0.25) is 0 Å². The third kappa shape index (κ3) is 3.23. The van der Waals surface area contributed by atoms with Crippen molar-refractivity contribution in [3.05, 3.63) is 40.3 Å². The molecule has 94 valence electrons. The zero-order valence-electron chi connectivity index (χ0n) is 10.9. The number of nitrogens with zero attached hydrogens (tertiary/aromatic N) is 2. The summed E-state index contributed by atoms with van der Waals surface area (Å²) in [5, 5.41) is 0. The predicted octanol–water partition coefficient (Wildman–Crippen LogP) is 3.71. The molecule has 0 aliphatic rings. The Morgan fingerprint density at radius 3 is 2.78 bits per heavy atom. The van der Waals surface area contributed by atoms with Gasteiger partial charge in [-0.2, -0.15) is 0 Å². The fourth-order valence-electron chi connectivity index (χ4n) is 1.84. The van der Waals surface area contributed by atoms with Gasteiger partial charge in [-0.15, -0.1) is 0 Å². The molecule has 18 heavy (non-hydrogen) atoms. The first-order valence-corrected chi connectivity index (χ1v) is 6.48. The molecule has 0 fully saturated rings. The lowest BCUT2D eigenvalue weighted by Gasteiger charge is -2.08. The maximum atomic E-state index is 5.21. The van der Waals surface area contributed by atoms with Gasteiger partial charge in [0.05, 0.1) is 0 Å². The molecule has 0 saturated heterocycles. The quantitative estimate of drug-likeness (QED) is 0.854. The maximum Gasteiger partial charge on any atom is 0.157 e. The summed E-state index contributed by atoms with van der Waals surface area (Å²) in [5.41, 5.74) is 3.12. The van der Waals surface area contributed by atoms with Gasteiger partial charge in [-0.1, -0.05) is 26.1 Å². The van der Waals surface area contributed by atoms with Crippen molar-refractivity contribution in [3.63, 3.8) is 0 Å². The SMILES string of the molecule is Cc1ccnc(-c2nc(=S)cc(CC(C)C)[nH]2)c1. The number of aromatic nitrogens is 3. The first kappa shape index (κ1) is 12.9. The van der Waals surface area contributed by atoms with Crippen LogP contribution in [0.5, 0.6) is 0 Å². The zero-order valence-corrected chi connectivity index (χ0v) is 11.7. The first-order chi connectivity index (χ1) is 8.54. The zero-order chi connectivity index (χ0) is 13.1. The summed E-state index contributed by atoms with van der Waals surface area (Å²) in [5.74, 6) is 1.33. The summed E-state index contributed by atoms with van der Waals surface area (Å²) in [6.45, 7) is 6.40. The Labute approximate surface area is 112 Å². The van der Waals surface area contributed by atoms with E-state index in [0.717, 1.165) is 29.2 Å². The number of aryl methyl sites for hydroxylation is 1. The molecule has 2 aromatic rings. The van der Waals surface area contributed by atoms with Gasteiger partial charge in [-0.25, -0.2) is 4.98 Å². The van der Waals surface area contributed by atoms with Crippen LogP contribution in [0.1, 0.15) is 25.1 Å². The van der Waals surface area contributed by atoms with E-state index in [1.807, 2.05) is 25.1 Å². The van der Waals surface area contributed by atoms with E-state index in [1.54, 1.807) is 6.20 Å². The molecular formula is C14H17N3S. The standard InChI is InChI=1S/C14H17N3S/c1-9(2)6-11-8-13(18)17-14(16-11)12-7-10(3)4-5-15-12/h4-5,7-9H,6H2,1-3H3,(H,16,17,18). The molecule has 0 aromatic carbocycles. The van der Waals surface area contributed by atoms with Gasteiger partial charge in [0.1, 0.15) is 10.3 Å². The second-order valence-corrected chi connectivity index (χ2v) is 5.33. The summed E-state index contributed by atoms with van der Waals surface area (Å²) >= 11 is 5.21. The highest BCUT2D eigenvalue weighted by molar-refractivity contribution is 7.71. The van der Waals surface area contributed by atoms with Gasteiger partial charge in [0.25, 0.3) is 0 Å². The normalized spacial score (nSPS) is 10.9. The highest BCUT2D eigenvalue weighted by Gasteiger charge is 2.05. The number of rotatable bonds is 3. The Morgan fingerprint density at radius 1 is 1.33 bits per heavy atom. The topological polar surface area (TPSA) is 41.6 Å². The summed E-state index contributed by atoms with van der Waals surface area (Å²) in [7, 11) is 0. The van der Waals surface area contributed by atoms with Gasteiger partial charge in [0, 0.05) is 11.9 Å². The number of nitrogens with one attached hydrogen (secondary N) is 1. The van der Waals surface area contributed by atoms with E-state index >= 15 is 0 Å². The second kappa shape index (κ2) is 5.40. The monoisotopic (exact) mass is 259 g/mol. The summed E-state index contributed by atoms with van der Waals surface area (Å²) in [6, 6.07) is 5.90. The Morgan fingerprint density at radius 2 is 2.11 bits per heavy atom. The largest absolute Gasteiger partial charge is 0.342 e. The molecule has 4 heteroatoms. The Bertz CT molecular complexity index is 602. The van der Waals surface area contributed by atoms with E-state index in [-0.39, 0.29) is 0 Å². The molecular weight excluding hydrogens is 242 g/mol. The van der Waals surface area contributed by atoms with Crippen molar-refractivity contribution in [1.82, 2.24) is 15.0 Å². The van der Waals surface area contributed by atoms with Crippen LogP contribution in [0.3, 0.4) is 0 Å². The molecule has 0 bridgehead atoms. The number of pyridine rings is 1. The van der Waals surface area contributed by atoms with Crippen LogP contribution in [0.25, 0.3) is 11.5 Å². The van der Waals surface area contributed by atoms with Crippen molar-refractivity contribution in [1.29, 1.82) is 0 Å². The molecule has 0 amide bonds. The van der Waals surface area contributed by atoms with Crippen LogP contribution in [0.4, 0.5) is 0 Å². The molecule has 2 rings (SSSR count). The highest BCUT2D eigenvalue weighted by Crippen LogP contribution is 2.15. The van der Waals surface area contributed by atoms with E-state index in [4.69, 9.17) is 12.2 Å². The summed E-state index contributed by atoms with van der Waals surface area (Å²) < 4.78 is 0.614. The molecule has 0 aliphatic heterocycles. The Hall–Kier alpha value is -1.55. The number of hydrogen-bond donors (Lipinski definition) is 1. The fraction of sp³-hybridized carbons (Fsp3) is 0.357. The molecule has 3 nitrogen and oxygen atoms in total. The average molecular weight is 259 g/mol. The van der Waals surface area contributed by atoms with Crippen LogP contribution < -0.4 is 0 Å². The Kier molecular flexibility index (Phi) is 3.87. The van der Waals surface area contributed by atoms with Gasteiger partial charge >= 0.3 is 0 Å². The molecule has 0 atom stereocenters. The lowest BCUT2D eigenvalue weighted by molar-refractivity contribution is 0.634. The van der Waals surface area contributed by atoms with Gasteiger partial charge in [-0.05, 0) is 43.0 Å². The molecule has 0 unspecified atom stereocenters. The lowest BCUT2D eigenvalue weighted by Crippen LogP contribution is -2.01. The van der Waals surface area contributed by atoms with Crippen molar-refractivity contribution in [3.8, 4) is 11.5 Å². The number of hydrogen-bond acceptors (Lipinski definition) is 3. The van der Waals surface area contributed by atoms with Crippen LogP contribution in [0, 0.1) is 17.5 Å². The van der Waals surface area contributed by atoms with Crippen LogP contribution >= 0.6 is 12.2 Å². The number of aromatic amines is 1. The molecule has 1 N–H and O–H groups in total. The average Bonchev–Trinajstić information content (AvgIpc) is 2.27. The van der Waals surface area contributed by atoms with Crippen molar-refractivity contribution in [2.75, 3.05) is 0 Å². The minimum Gasteiger partial charge on any atom is -0.342 e. The van der Waals surface area contributed by atoms with E-state index in [9.17, 15) is 0 Å². The van der Waals surface area contributed by atoms with Crippen molar-refractivity contribution < 1.29 is 0 Å². The van der Waals surface area contributed by atoms with Crippen LogP contribution in [0.15, 0.2) is 24.4 Å². The summed E-state index contributed by atoms with van der Waals surface area (Å²) in [4.78, 5) is 12.0. The third-order valence-electron chi connectivity index (χ3n) is 2.58. The van der Waals surface area contributed by atoms with Gasteiger partial charge < -0.3 is 4.98 Å². The smallest absolute Gasteiger partial charge is 0.157 e. The Balaban J connectivity index is 2.45. The molecule has 2 heterocycles. The minimum atomic E-state index is 0.580. The molecule has 0 saturated carbocycles. The van der Waals surface area contributed by atoms with Crippen molar-refractivity contribution in [2.45, 2.75) is 27.2 Å². The lowest BCUT2D eigenvalue weighted by atomic mass is 10.1. The van der Waals surface area contributed by atoms with Crippen LogP contribution in [-0.4, -0.2) is 15.0 Å². The van der Waals surface area contributed by atoms with E-state index < -0.39 is 0 Å². The van der Waals surface area contributed by atoms with E-state index in [1.165, 1.54) is 0 Å². The van der Waals surface area contributed by atoms with Crippen LogP contribution in [-0.2, 0) is 6.42 Å². The van der Waals surface area contributed by atoms with Gasteiger partial charge in [-0.3, -0.25) is 4.98 Å². The maximum absolute atomic E-state index is 5.21. The van der Waals surface area contributed by atoms with E-state index in [0.29, 0.717) is 10.6 Å². The predicted molar refractivity (Wildman–Crippen MR) is 75.9 cm³/mol.